The number of halogens is 2. The van der Waals surface area contributed by atoms with E-state index in [9.17, 15) is 23.2 Å². The second kappa shape index (κ2) is 11.3. The van der Waals surface area contributed by atoms with Crippen molar-refractivity contribution < 1.29 is 27.9 Å². The highest BCUT2D eigenvalue weighted by Crippen LogP contribution is 2.33. The minimum absolute atomic E-state index is 0.0685. The van der Waals surface area contributed by atoms with Gasteiger partial charge in [0.1, 0.15) is 6.61 Å². The average Bonchev–Trinajstić information content (AvgIpc) is 2.67. The zero-order chi connectivity index (χ0) is 24.0. The molecule has 0 bridgehead atoms. The van der Waals surface area contributed by atoms with Gasteiger partial charge >= 0.3 is 0 Å². The van der Waals surface area contributed by atoms with E-state index >= 15 is 0 Å². The third-order valence-corrected chi connectivity index (χ3v) is 4.89. The van der Waals surface area contributed by atoms with Gasteiger partial charge in [-0.2, -0.15) is 0 Å². The number of primary amides is 1. The number of nitrogens with zero attached hydrogens (tertiary/aromatic N) is 2. The molecule has 0 saturated carbocycles. The van der Waals surface area contributed by atoms with Crippen LogP contribution in [-0.2, 0) is 19.1 Å². The Labute approximate surface area is 187 Å². The van der Waals surface area contributed by atoms with Crippen LogP contribution in [0.5, 0.6) is 0 Å². The Bertz CT molecular complexity index is 822. The molecule has 3 N–H and O–H groups in total. The third-order valence-electron chi connectivity index (χ3n) is 4.89. The number of anilines is 2. The Morgan fingerprint density at radius 1 is 1.19 bits per heavy atom. The maximum absolute atomic E-state index is 13.8. The molecule has 0 aromatic heterocycles. The van der Waals surface area contributed by atoms with E-state index in [0.29, 0.717) is 13.1 Å². The van der Waals surface area contributed by atoms with Crippen molar-refractivity contribution in [3.8, 4) is 0 Å². The van der Waals surface area contributed by atoms with Crippen LogP contribution in [0, 0.1) is 11.8 Å². The quantitative estimate of drug-likeness (QED) is 0.528. The molecule has 1 fully saturated rings. The van der Waals surface area contributed by atoms with Crippen molar-refractivity contribution in [2.45, 2.75) is 40.2 Å². The van der Waals surface area contributed by atoms with Crippen LogP contribution in [0.15, 0.2) is 18.2 Å². The molecule has 0 aliphatic carbocycles. The molecule has 10 heteroatoms. The average molecular weight is 455 g/mol. The van der Waals surface area contributed by atoms with Gasteiger partial charge in [-0.05, 0) is 30.0 Å². The number of hydrogen-bond acceptors (Lipinski definition) is 5. The number of hydrogen-bond donors (Lipinski definition) is 2. The first-order chi connectivity index (χ1) is 15.0. The molecule has 0 unspecified atom stereocenters. The summed E-state index contributed by atoms with van der Waals surface area (Å²) in [6, 6.07) is 2.66. The predicted octanol–water partition coefficient (Wildman–Crippen LogP) is 2.39. The highest BCUT2D eigenvalue weighted by atomic mass is 19.3. The fraction of sp³-hybridized carbons (Fsp3) is 0.591. The minimum atomic E-state index is -2.87. The molecule has 2 rings (SSSR count). The van der Waals surface area contributed by atoms with Crippen LogP contribution in [0.2, 0.25) is 0 Å². The first-order valence-electron chi connectivity index (χ1n) is 10.7. The van der Waals surface area contributed by atoms with Gasteiger partial charge in [-0.15, -0.1) is 0 Å². The van der Waals surface area contributed by atoms with Gasteiger partial charge in [0, 0.05) is 30.9 Å². The number of carbonyl (C=O) groups is 3. The van der Waals surface area contributed by atoms with Gasteiger partial charge in [0.05, 0.1) is 12.3 Å². The van der Waals surface area contributed by atoms with Crippen LogP contribution >= 0.6 is 0 Å². The van der Waals surface area contributed by atoms with E-state index in [4.69, 9.17) is 10.5 Å². The van der Waals surface area contributed by atoms with Crippen molar-refractivity contribution in [1.82, 2.24) is 4.90 Å². The lowest BCUT2D eigenvalue weighted by atomic mass is 10.1. The molecule has 0 spiro atoms. The van der Waals surface area contributed by atoms with Gasteiger partial charge in [-0.3, -0.25) is 19.3 Å². The van der Waals surface area contributed by atoms with E-state index in [0.717, 1.165) is 6.07 Å². The lowest BCUT2D eigenvalue weighted by Crippen LogP contribution is -2.54. The summed E-state index contributed by atoms with van der Waals surface area (Å²) in [7, 11) is 0. The molecule has 1 atom stereocenters. The summed E-state index contributed by atoms with van der Waals surface area (Å²) in [4.78, 5) is 40.1. The maximum Gasteiger partial charge on any atom is 0.265 e. The van der Waals surface area contributed by atoms with Crippen molar-refractivity contribution in [3.63, 3.8) is 0 Å². The number of ether oxygens (including phenoxy) is 1. The number of amides is 3. The van der Waals surface area contributed by atoms with Crippen LogP contribution in [0.25, 0.3) is 0 Å². The summed E-state index contributed by atoms with van der Waals surface area (Å²) in [5, 5.41) is 2.54. The summed E-state index contributed by atoms with van der Waals surface area (Å²) in [5.74, 6) is -1.55. The van der Waals surface area contributed by atoms with Crippen LogP contribution < -0.4 is 16.0 Å². The summed E-state index contributed by atoms with van der Waals surface area (Å²) in [6.07, 6.45) is -2.87. The topological polar surface area (TPSA) is 105 Å². The van der Waals surface area contributed by atoms with Crippen molar-refractivity contribution in [2.24, 2.45) is 17.6 Å². The number of carbonyl (C=O) groups excluding carboxylic acids is 3. The van der Waals surface area contributed by atoms with Crippen LogP contribution in [-0.4, -0.2) is 61.5 Å². The minimum Gasteiger partial charge on any atom is -0.370 e. The molecule has 178 valence electrons. The van der Waals surface area contributed by atoms with Crippen LogP contribution in [0.3, 0.4) is 0 Å². The number of alkyl halides is 2. The summed E-state index contributed by atoms with van der Waals surface area (Å²) < 4.78 is 32.6. The first kappa shape index (κ1) is 25.7. The lowest BCUT2D eigenvalue weighted by molar-refractivity contribution is -0.133. The van der Waals surface area contributed by atoms with Gasteiger partial charge in [0.15, 0.2) is 6.04 Å². The van der Waals surface area contributed by atoms with Crippen molar-refractivity contribution in [3.05, 3.63) is 23.8 Å². The molecule has 3 amide bonds. The fourth-order valence-corrected chi connectivity index (χ4v) is 3.73. The monoisotopic (exact) mass is 454 g/mol. The van der Waals surface area contributed by atoms with Crippen molar-refractivity contribution >= 4 is 29.1 Å². The number of nitrogens with two attached hydrogens (primary N) is 1. The second-order valence-corrected chi connectivity index (χ2v) is 8.71. The number of morpholine rings is 1. The number of rotatable bonds is 10. The molecule has 1 saturated heterocycles. The van der Waals surface area contributed by atoms with Gasteiger partial charge in [0.2, 0.25) is 5.91 Å². The maximum atomic E-state index is 13.8. The fourth-order valence-electron chi connectivity index (χ4n) is 3.73. The molecule has 0 radical (unpaired) electrons. The highest BCUT2D eigenvalue weighted by Gasteiger charge is 2.32. The summed E-state index contributed by atoms with van der Waals surface area (Å²) in [6.45, 7) is 9.02. The molecule has 8 nitrogen and oxygen atoms in total. The third kappa shape index (κ3) is 6.70. The van der Waals surface area contributed by atoms with E-state index in [1.165, 1.54) is 17.0 Å². The van der Waals surface area contributed by atoms with E-state index in [1.54, 1.807) is 4.90 Å². The highest BCUT2D eigenvalue weighted by molar-refractivity contribution is 6.09. The standard InChI is InChI=1S/C22H32F2N4O4/c1-13(2)10-27(11-14(3)4)19(21(25)30)22(31)26-15-5-6-17(16(9-15)20(23)24)28-7-8-32-12-18(28)29/h5-6,9,13-14,19-20H,7-8,10-12H2,1-4H3,(H2,25,30)(H,26,31)/t19-/m0/s1. The van der Waals surface area contributed by atoms with Gasteiger partial charge in [0.25, 0.3) is 18.2 Å². The SMILES string of the molecule is CC(C)CN(CC(C)C)[C@@H](C(N)=O)C(=O)Nc1ccc(N2CCOCC2=O)c(C(F)F)c1. The molecule has 32 heavy (non-hydrogen) atoms. The van der Waals surface area contributed by atoms with E-state index in [2.05, 4.69) is 5.32 Å². The smallest absolute Gasteiger partial charge is 0.265 e. The largest absolute Gasteiger partial charge is 0.370 e. The van der Waals surface area contributed by atoms with Crippen molar-refractivity contribution in [2.75, 3.05) is 43.1 Å². The molecule has 1 aliphatic heterocycles. The van der Waals surface area contributed by atoms with E-state index in [-0.39, 0.29) is 43.0 Å². The van der Waals surface area contributed by atoms with E-state index in [1.807, 2.05) is 27.7 Å². The van der Waals surface area contributed by atoms with Crippen molar-refractivity contribution in [1.29, 1.82) is 0 Å². The van der Waals surface area contributed by atoms with Gasteiger partial charge in [-0.1, -0.05) is 27.7 Å². The number of nitrogens with one attached hydrogen (secondary N) is 1. The van der Waals surface area contributed by atoms with Crippen LogP contribution in [0.4, 0.5) is 20.2 Å². The Morgan fingerprint density at radius 3 is 2.31 bits per heavy atom. The first-order valence-corrected chi connectivity index (χ1v) is 10.7. The molecular weight excluding hydrogens is 422 g/mol. The van der Waals surface area contributed by atoms with Crippen LogP contribution in [0.1, 0.15) is 39.7 Å². The Morgan fingerprint density at radius 2 is 1.81 bits per heavy atom. The summed E-state index contributed by atoms with van der Waals surface area (Å²) >= 11 is 0. The Balaban J connectivity index is 2.30. The Kier molecular flexibility index (Phi) is 9.09. The molecule has 1 aromatic carbocycles. The summed E-state index contributed by atoms with van der Waals surface area (Å²) in [5.41, 5.74) is 5.31. The lowest BCUT2D eigenvalue weighted by Gasteiger charge is -2.31. The predicted molar refractivity (Wildman–Crippen MR) is 117 cm³/mol. The normalized spacial score (nSPS) is 15.7. The number of benzene rings is 1. The van der Waals surface area contributed by atoms with Gasteiger partial charge < -0.3 is 20.7 Å². The second-order valence-electron chi connectivity index (χ2n) is 8.71. The zero-order valence-electron chi connectivity index (χ0n) is 18.9. The molecule has 1 aromatic rings. The molecular formula is C22H32F2N4O4. The molecule has 1 aliphatic rings. The zero-order valence-corrected chi connectivity index (χ0v) is 18.9. The Hall–Kier alpha value is -2.59. The van der Waals surface area contributed by atoms with Gasteiger partial charge in [-0.25, -0.2) is 8.78 Å². The molecule has 1 heterocycles. The van der Waals surface area contributed by atoms with E-state index < -0.39 is 35.8 Å².